The van der Waals surface area contributed by atoms with Crippen molar-refractivity contribution in [2.24, 2.45) is 0 Å². The zero-order valence-electron chi connectivity index (χ0n) is 15.1. The highest BCUT2D eigenvalue weighted by Crippen LogP contribution is 2.27. The second kappa shape index (κ2) is 7.53. The number of nitrogens with zero attached hydrogens (tertiary/aromatic N) is 1. The number of carbonyl (C=O) groups excluding carboxylic acids is 1. The van der Waals surface area contributed by atoms with Gasteiger partial charge in [-0.25, -0.2) is 26.7 Å². The van der Waals surface area contributed by atoms with E-state index >= 15 is 0 Å². The lowest BCUT2D eigenvalue weighted by molar-refractivity contribution is 0.208. The molecule has 0 spiro atoms. The maximum atomic E-state index is 13.7. The number of pyridine rings is 1. The molecule has 2 aromatic carbocycles. The standard InChI is InChI=1S/C19H14F5N3O2/c1-8(12-7-25-18(28)11-6-14(21)13(20)5-10(11)12)27(2)19(29)26-9-3-15(22)17(24)16(23)4-9/h3-8H,1-2H3,(H,25,28)(H,26,29). The lowest BCUT2D eigenvalue weighted by Gasteiger charge is -2.26. The number of benzene rings is 2. The number of fused-ring (bicyclic) bond motifs is 1. The Morgan fingerprint density at radius 2 is 1.52 bits per heavy atom. The van der Waals surface area contributed by atoms with Gasteiger partial charge in [0, 0.05) is 31.1 Å². The number of carbonyl (C=O) groups is 1. The summed E-state index contributed by atoms with van der Waals surface area (Å²) in [5.41, 5.74) is -0.656. The zero-order valence-corrected chi connectivity index (χ0v) is 15.1. The Bertz CT molecular complexity index is 1160. The van der Waals surface area contributed by atoms with E-state index in [1.807, 2.05) is 0 Å². The number of H-pyrrole nitrogens is 1. The molecule has 1 unspecified atom stereocenters. The van der Waals surface area contributed by atoms with Gasteiger partial charge in [-0.15, -0.1) is 0 Å². The van der Waals surface area contributed by atoms with Crippen LogP contribution in [0.3, 0.4) is 0 Å². The van der Waals surface area contributed by atoms with Crippen molar-refractivity contribution in [3.8, 4) is 0 Å². The van der Waals surface area contributed by atoms with Crippen LogP contribution in [0.15, 0.2) is 35.3 Å². The van der Waals surface area contributed by atoms with E-state index in [1.165, 1.54) is 13.2 Å². The fraction of sp³-hybridized carbons (Fsp3) is 0.158. The van der Waals surface area contributed by atoms with Gasteiger partial charge in [-0.1, -0.05) is 0 Å². The molecule has 1 heterocycles. The molecule has 0 aliphatic rings. The molecule has 0 saturated heterocycles. The summed E-state index contributed by atoms with van der Waals surface area (Å²) in [4.78, 5) is 27.8. The molecule has 29 heavy (non-hydrogen) atoms. The summed E-state index contributed by atoms with van der Waals surface area (Å²) < 4.78 is 66.9. The molecule has 1 aromatic heterocycles. The second-order valence-electron chi connectivity index (χ2n) is 6.36. The van der Waals surface area contributed by atoms with Crippen LogP contribution in [-0.4, -0.2) is 23.0 Å². The Morgan fingerprint density at radius 1 is 0.966 bits per heavy atom. The maximum Gasteiger partial charge on any atom is 0.322 e. The smallest absolute Gasteiger partial charge is 0.322 e. The van der Waals surface area contributed by atoms with Crippen molar-refractivity contribution in [3.63, 3.8) is 0 Å². The van der Waals surface area contributed by atoms with Gasteiger partial charge >= 0.3 is 6.03 Å². The van der Waals surface area contributed by atoms with Crippen LogP contribution in [0.4, 0.5) is 32.4 Å². The van der Waals surface area contributed by atoms with Gasteiger partial charge in [-0.3, -0.25) is 4.79 Å². The number of halogens is 5. The summed E-state index contributed by atoms with van der Waals surface area (Å²) in [6.45, 7) is 1.54. The van der Waals surface area contributed by atoms with Crippen molar-refractivity contribution in [2.75, 3.05) is 12.4 Å². The molecule has 1 atom stereocenters. The van der Waals surface area contributed by atoms with Crippen molar-refractivity contribution in [1.29, 1.82) is 0 Å². The predicted molar refractivity (Wildman–Crippen MR) is 96.0 cm³/mol. The van der Waals surface area contributed by atoms with Crippen LogP contribution in [0.25, 0.3) is 10.8 Å². The Hall–Kier alpha value is -3.43. The Kier molecular flexibility index (Phi) is 5.27. The van der Waals surface area contributed by atoms with E-state index in [9.17, 15) is 31.5 Å². The highest BCUT2D eigenvalue weighted by Gasteiger charge is 2.22. The molecule has 0 saturated carbocycles. The average molecular weight is 411 g/mol. The van der Waals surface area contributed by atoms with Crippen molar-refractivity contribution in [3.05, 3.63) is 75.5 Å². The van der Waals surface area contributed by atoms with Gasteiger partial charge in [0.2, 0.25) is 0 Å². The quantitative estimate of drug-likeness (QED) is 0.494. The highest BCUT2D eigenvalue weighted by atomic mass is 19.2. The number of aromatic amines is 1. The third-order valence-corrected chi connectivity index (χ3v) is 4.56. The molecule has 152 valence electrons. The normalized spacial score (nSPS) is 12.1. The van der Waals surface area contributed by atoms with Crippen LogP contribution < -0.4 is 10.9 Å². The number of hydrogen-bond donors (Lipinski definition) is 2. The molecule has 0 radical (unpaired) electrons. The fourth-order valence-corrected chi connectivity index (χ4v) is 2.84. The van der Waals surface area contributed by atoms with Crippen LogP contribution >= 0.6 is 0 Å². The SMILES string of the molecule is CC(c1c[nH]c(=O)c2cc(F)c(F)cc12)N(C)C(=O)Nc1cc(F)c(F)c(F)c1. The van der Waals surface area contributed by atoms with E-state index in [0.717, 1.165) is 17.0 Å². The number of urea groups is 1. The zero-order chi connectivity index (χ0) is 21.5. The van der Waals surface area contributed by atoms with Crippen LogP contribution in [0.5, 0.6) is 0 Å². The van der Waals surface area contributed by atoms with Gasteiger partial charge in [0.1, 0.15) is 0 Å². The molecule has 0 aliphatic heterocycles. The van der Waals surface area contributed by atoms with E-state index in [2.05, 4.69) is 10.3 Å². The van der Waals surface area contributed by atoms with E-state index in [4.69, 9.17) is 0 Å². The molecule has 5 nitrogen and oxygen atoms in total. The van der Waals surface area contributed by atoms with Crippen molar-refractivity contribution in [1.82, 2.24) is 9.88 Å². The summed E-state index contributed by atoms with van der Waals surface area (Å²) in [5, 5.41) is 2.20. The van der Waals surface area contributed by atoms with Crippen LogP contribution in [0.2, 0.25) is 0 Å². The van der Waals surface area contributed by atoms with Gasteiger partial charge in [0.25, 0.3) is 5.56 Å². The van der Waals surface area contributed by atoms with Crippen molar-refractivity contribution < 1.29 is 26.7 Å². The number of hydrogen-bond acceptors (Lipinski definition) is 2. The minimum atomic E-state index is -1.67. The molecule has 3 aromatic rings. The Balaban J connectivity index is 1.93. The largest absolute Gasteiger partial charge is 0.328 e. The molecule has 0 bridgehead atoms. The number of rotatable bonds is 3. The molecular weight excluding hydrogens is 397 g/mol. The number of amides is 2. The van der Waals surface area contributed by atoms with Gasteiger partial charge in [0.15, 0.2) is 29.1 Å². The summed E-state index contributed by atoms with van der Waals surface area (Å²) in [7, 11) is 1.34. The number of nitrogens with one attached hydrogen (secondary N) is 2. The second-order valence-corrected chi connectivity index (χ2v) is 6.36. The molecule has 10 heteroatoms. The van der Waals surface area contributed by atoms with Gasteiger partial charge in [-0.2, -0.15) is 0 Å². The third kappa shape index (κ3) is 3.78. The van der Waals surface area contributed by atoms with Crippen molar-refractivity contribution >= 4 is 22.5 Å². The Labute approximate surface area is 160 Å². The summed E-state index contributed by atoms with van der Waals surface area (Å²) in [6, 6.07) is 1.25. The first-order valence-corrected chi connectivity index (χ1v) is 8.28. The van der Waals surface area contributed by atoms with Gasteiger partial charge in [-0.05, 0) is 30.0 Å². The topological polar surface area (TPSA) is 65.2 Å². The lowest BCUT2D eigenvalue weighted by atomic mass is 10.0. The minimum absolute atomic E-state index is 0.0960. The van der Waals surface area contributed by atoms with E-state index < -0.39 is 46.7 Å². The first-order valence-electron chi connectivity index (χ1n) is 8.28. The van der Waals surface area contributed by atoms with E-state index in [0.29, 0.717) is 17.7 Å². The first-order chi connectivity index (χ1) is 13.6. The molecule has 0 fully saturated rings. The number of anilines is 1. The van der Waals surface area contributed by atoms with Gasteiger partial charge in [0.05, 0.1) is 11.4 Å². The highest BCUT2D eigenvalue weighted by molar-refractivity contribution is 5.90. The first kappa shape index (κ1) is 20.3. The summed E-state index contributed by atoms with van der Waals surface area (Å²) in [6.07, 6.45) is 1.26. The molecule has 3 rings (SSSR count). The molecule has 2 N–H and O–H groups in total. The Morgan fingerprint density at radius 3 is 2.10 bits per heavy atom. The molecular formula is C19H14F5N3O2. The van der Waals surface area contributed by atoms with Crippen molar-refractivity contribution in [2.45, 2.75) is 13.0 Å². The van der Waals surface area contributed by atoms with E-state index in [-0.39, 0.29) is 16.5 Å². The molecule has 2 amide bonds. The van der Waals surface area contributed by atoms with E-state index in [1.54, 1.807) is 6.92 Å². The number of aromatic nitrogens is 1. The average Bonchev–Trinajstić information content (AvgIpc) is 2.66. The summed E-state index contributed by atoms with van der Waals surface area (Å²) >= 11 is 0. The monoisotopic (exact) mass is 411 g/mol. The summed E-state index contributed by atoms with van der Waals surface area (Å²) in [5.74, 6) is -6.97. The fourth-order valence-electron chi connectivity index (χ4n) is 2.84. The predicted octanol–water partition coefficient (Wildman–Crippen LogP) is 4.45. The minimum Gasteiger partial charge on any atom is -0.328 e. The maximum absolute atomic E-state index is 13.7. The van der Waals surface area contributed by atoms with Crippen LogP contribution in [-0.2, 0) is 0 Å². The van der Waals surface area contributed by atoms with Crippen LogP contribution in [0, 0.1) is 29.1 Å². The molecule has 0 aliphatic carbocycles. The lowest BCUT2D eigenvalue weighted by Crippen LogP contribution is -2.34. The van der Waals surface area contributed by atoms with Crippen LogP contribution in [0.1, 0.15) is 18.5 Å². The van der Waals surface area contributed by atoms with Gasteiger partial charge < -0.3 is 15.2 Å². The third-order valence-electron chi connectivity index (χ3n) is 4.56.